The first-order valence-electron chi connectivity index (χ1n) is 9.37. The number of amides is 1. The van der Waals surface area contributed by atoms with Gasteiger partial charge in [-0.15, -0.1) is 11.8 Å². The molecule has 6 heteroatoms. The second kappa shape index (κ2) is 9.22. The van der Waals surface area contributed by atoms with Crippen molar-refractivity contribution >= 4 is 17.7 Å². The number of benzene rings is 2. The summed E-state index contributed by atoms with van der Waals surface area (Å²) in [5, 5.41) is 9.03. The number of thioether (sulfide) groups is 1. The Hall–Kier alpha value is -2.36. The summed E-state index contributed by atoms with van der Waals surface area (Å²) in [7, 11) is 0. The summed E-state index contributed by atoms with van der Waals surface area (Å²) in [6.07, 6.45) is 0. The van der Waals surface area contributed by atoms with Gasteiger partial charge in [0.2, 0.25) is 5.91 Å². The lowest BCUT2D eigenvalue weighted by atomic mass is 10.1. The zero-order chi connectivity index (χ0) is 20.1. The highest BCUT2D eigenvalue weighted by molar-refractivity contribution is 7.99. The van der Waals surface area contributed by atoms with E-state index in [4.69, 9.17) is 5.26 Å². The van der Waals surface area contributed by atoms with Crippen LogP contribution in [0.2, 0.25) is 0 Å². The minimum absolute atomic E-state index is 0.0657. The van der Waals surface area contributed by atoms with Crippen molar-refractivity contribution in [3.05, 3.63) is 71.0 Å². The maximum atomic E-state index is 13.2. The number of carbonyl (C=O) groups excluding carboxylic acids is 1. The summed E-state index contributed by atoms with van der Waals surface area (Å²) < 4.78 is 13.2. The number of rotatable bonds is 6. The summed E-state index contributed by atoms with van der Waals surface area (Å²) in [5.74, 6) is 0.680. The highest BCUT2D eigenvalue weighted by Gasteiger charge is 2.31. The Kier molecular flexibility index (Phi) is 6.71. The fourth-order valence-corrected chi connectivity index (χ4v) is 4.57. The van der Waals surface area contributed by atoms with Gasteiger partial charge in [0.15, 0.2) is 0 Å². The van der Waals surface area contributed by atoms with Crippen LogP contribution in [0.5, 0.6) is 0 Å². The quantitative estimate of drug-likeness (QED) is 0.734. The molecule has 1 atom stereocenters. The summed E-state index contributed by atoms with van der Waals surface area (Å²) in [4.78, 5) is 17.1. The van der Waals surface area contributed by atoms with Gasteiger partial charge in [-0.3, -0.25) is 9.69 Å². The van der Waals surface area contributed by atoms with Crippen molar-refractivity contribution in [3.63, 3.8) is 0 Å². The van der Waals surface area contributed by atoms with E-state index >= 15 is 0 Å². The number of nitriles is 1. The summed E-state index contributed by atoms with van der Waals surface area (Å²) in [6, 6.07) is 16.2. The Balaban J connectivity index is 1.71. The number of hydrogen-bond donors (Lipinski definition) is 0. The molecule has 2 aromatic carbocycles. The standard InChI is InChI=1S/C22H24FN3OS/c1-16(2)25(14-18-5-3-4-17(12-18)13-24)15-21(27)26-10-11-28-22(26)19-6-8-20(23)9-7-19/h3-9,12,16,22H,10-11,14-15H2,1-2H3. The van der Waals surface area contributed by atoms with E-state index in [1.807, 2.05) is 23.1 Å². The lowest BCUT2D eigenvalue weighted by Crippen LogP contribution is -2.42. The van der Waals surface area contributed by atoms with Gasteiger partial charge in [0.25, 0.3) is 0 Å². The molecule has 3 rings (SSSR count). The largest absolute Gasteiger partial charge is 0.325 e. The van der Waals surface area contributed by atoms with E-state index in [1.54, 1.807) is 30.0 Å². The van der Waals surface area contributed by atoms with Gasteiger partial charge in [-0.25, -0.2) is 4.39 Å². The summed E-state index contributed by atoms with van der Waals surface area (Å²) in [5.41, 5.74) is 2.60. The molecule has 1 heterocycles. The Morgan fingerprint density at radius 3 is 2.75 bits per heavy atom. The fourth-order valence-electron chi connectivity index (χ4n) is 3.29. The Bertz CT molecular complexity index is 863. The number of hydrogen-bond acceptors (Lipinski definition) is 4. The van der Waals surface area contributed by atoms with Gasteiger partial charge >= 0.3 is 0 Å². The van der Waals surface area contributed by atoms with Gasteiger partial charge in [0, 0.05) is 24.9 Å². The average molecular weight is 398 g/mol. The molecule has 1 aliphatic rings. The maximum absolute atomic E-state index is 13.2. The molecule has 0 bridgehead atoms. The smallest absolute Gasteiger partial charge is 0.237 e. The van der Waals surface area contributed by atoms with Crippen molar-refractivity contribution in [1.29, 1.82) is 5.26 Å². The lowest BCUT2D eigenvalue weighted by molar-refractivity contribution is -0.133. The molecule has 1 aliphatic heterocycles. The molecule has 2 aromatic rings. The van der Waals surface area contributed by atoms with Crippen LogP contribution in [0.1, 0.15) is 35.9 Å². The van der Waals surface area contributed by atoms with E-state index in [0.717, 1.165) is 16.9 Å². The second-order valence-corrected chi connectivity index (χ2v) is 8.36. The number of halogens is 1. The Labute approximate surface area is 169 Å². The molecule has 146 valence electrons. The molecular formula is C22H24FN3OS. The third-order valence-corrected chi connectivity index (χ3v) is 6.14. The van der Waals surface area contributed by atoms with Crippen LogP contribution in [0, 0.1) is 17.1 Å². The zero-order valence-corrected chi connectivity index (χ0v) is 17.0. The summed E-state index contributed by atoms with van der Waals surface area (Å²) >= 11 is 1.71. The predicted octanol–water partition coefficient (Wildman–Crippen LogP) is 4.18. The predicted molar refractivity (Wildman–Crippen MR) is 110 cm³/mol. The zero-order valence-electron chi connectivity index (χ0n) is 16.1. The average Bonchev–Trinajstić information content (AvgIpc) is 3.18. The molecule has 0 saturated carbocycles. The van der Waals surface area contributed by atoms with Crippen LogP contribution in [0.25, 0.3) is 0 Å². The molecule has 0 N–H and O–H groups in total. The van der Waals surface area contributed by atoms with Crippen molar-refractivity contribution in [2.45, 2.75) is 31.8 Å². The first-order chi connectivity index (χ1) is 13.5. The van der Waals surface area contributed by atoms with Crippen LogP contribution in [0.15, 0.2) is 48.5 Å². The van der Waals surface area contributed by atoms with Crippen molar-refractivity contribution < 1.29 is 9.18 Å². The first-order valence-corrected chi connectivity index (χ1v) is 10.4. The number of nitrogens with zero attached hydrogens (tertiary/aromatic N) is 3. The van der Waals surface area contributed by atoms with Gasteiger partial charge in [-0.1, -0.05) is 24.3 Å². The van der Waals surface area contributed by atoms with E-state index in [1.165, 1.54) is 12.1 Å². The minimum Gasteiger partial charge on any atom is -0.325 e. The van der Waals surface area contributed by atoms with Crippen LogP contribution in [0.3, 0.4) is 0 Å². The van der Waals surface area contributed by atoms with Crippen LogP contribution in [-0.2, 0) is 11.3 Å². The molecule has 1 unspecified atom stereocenters. The molecule has 0 spiro atoms. The molecular weight excluding hydrogens is 373 g/mol. The monoisotopic (exact) mass is 397 g/mol. The molecule has 0 aliphatic carbocycles. The van der Waals surface area contributed by atoms with Crippen molar-refractivity contribution in [2.75, 3.05) is 18.8 Å². The van der Waals surface area contributed by atoms with E-state index in [2.05, 4.69) is 24.8 Å². The molecule has 28 heavy (non-hydrogen) atoms. The second-order valence-electron chi connectivity index (χ2n) is 7.17. The topological polar surface area (TPSA) is 47.3 Å². The van der Waals surface area contributed by atoms with Gasteiger partial charge in [-0.2, -0.15) is 5.26 Å². The van der Waals surface area contributed by atoms with Crippen molar-refractivity contribution in [3.8, 4) is 6.07 Å². The Morgan fingerprint density at radius 1 is 1.32 bits per heavy atom. The van der Waals surface area contributed by atoms with Crippen LogP contribution >= 0.6 is 11.8 Å². The van der Waals surface area contributed by atoms with E-state index in [9.17, 15) is 9.18 Å². The van der Waals surface area contributed by atoms with Gasteiger partial charge in [-0.05, 0) is 49.2 Å². The van der Waals surface area contributed by atoms with Crippen LogP contribution < -0.4 is 0 Å². The number of carbonyl (C=O) groups is 1. The van der Waals surface area contributed by atoms with Gasteiger partial charge in [0.1, 0.15) is 11.2 Å². The SMILES string of the molecule is CC(C)N(CC(=O)N1CCSC1c1ccc(F)cc1)Cc1cccc(C#N)c1. The molecule has 4 nitrogen and oxygen atoms in total. The maximum Gasteiger partial charge on any atom is 0.237 e. The van der Waals surface area contributed by atoms with Crippen molar-refractivity contribution in [1.82, 2.24) is 9.80 Å². The van der Waals surface area contributed by atoms with Crippen molar-refractivity contribution in [2.24, 2.45) is 0 Å². The van der Waals surface area contributed by atoms with Gasteiger partial charge in [0.05, 0.1) is 18.2 Å². The third kappa shape index (κ3) is 4.92. The third-order valence-electron chi connectivity index (χ3n) is 4.88. The molecule has 1 fully saturated rings. The van der Waals surface area contributed by atoms with Crippen LogP contribution in [-0.4, -0.2) is 40.6 Å². The first kappa shape index (κ1) is 20.4. The molecule has 0 radical (unpaired) electrons. The molecule has 0 aromatic heterocycles. The van der Waals surface area contributed by atoms with E-state index in [-0.39, 0.29) is 23.1 Å². The van der Waals surface area contributed by atoms with Crippen LogP contribution in [0.4, 0.5) is 4.39 Å². The lowest BCUT2D eigenvalue weighted by Gasteiger charge is -2.30. The highest BCUT2D eigenvalue weighted by Crippen LogP contribution is 2.38. The van der Waals surface area contributed by atoms with Gasteiger partial charge < -0.3 is 4.90 Å². The minimum atomic E-state index is -0.268. The summed E-state index contributed by atoms with van der Waals surface area (Å²) in [6.45, 7) is 5.75. The van der Waals surface area contributed by atoms with E-state index in [0.29, 0.717) is 25.2 Å². The Morgan fingerprint density at radius 2 is 2.07 bits per heavy atom. The fraction of sp³-hybridized carbons (Fsp3) is 0.364. The molecule has 1 amide bonds. The van der Waals surface area contributed by atoms with E-state index < -0.39 is 0 Å². The highest BCUT2D eigenvalue weighted by atomic mass is 32.2. The normalized spacial score (nSPS) is 16.6. The molecule has 1 saturated heterocycles.